The molecule has 2 rings (SSSR count). The van der Waals surface area contributed by atoms with Crippen molar-refractivity contribution >= 4 is 17.6 Å². The van der Waals surface area contributed by atoms with E-state index >= 15 is 0 Å². The Morgan fingerprint density at radius 1 is 1.32 bits per heavy atom. The number of carboxylic acid groups (broad SMARTS) is 1. The summed E-state index contributed by atoms with van der Waals surface area (Å²) in [5.41, 5.74) is 0.869. The molecule has 0 saturated heterocycles. The van der Waals surface area contributed by atoms with Crippen molar-refractivity contribution < 1.29 is 9.90 Å². The van der Waals surface area contributed by atoms with E-state index in [2.05, 4.69) is 5.10 Å². The molecule has 98 valence electrons. The van der Waals surface area contributed by atoms with Crippen LogP contribution in [-0.4, -0.2) is 20.9 Å². The molecule has 0 amide bonds. The molecule has 1 aromatic heterocycles. The Morgan fingerprint density at radius 2 is 2.00 bits per heavy atom. The van der Waals surface area contributed by atoms with E-state index in [0.29, 0.717) is 16.4 Å². The lowest BCUT2D eigenvalue weighted by atomic mass is 10.2. The van der Waals surface area contributed by atoms with Crippen LogP contribution in [0.15, 0.2) is 29.1 Å². The van der Waals surface area contributed by atoms with E-state index in [-0.39, 0.29) is 0 Å². The lowest BCUT2D eigenvalue weighted by Crippen LogP contribution is -2.22. The van der Waals surface area contributed by atoms with Crippen molar-refractivity contribution in [3.8, 4) is 5.69 Å². The molecule has 19 heavy (non-hydrogen) atoms. The van der Waals surface area contributed by atoms with Gasteiger partial charge in [0.1, 0.15) is 0 Å². The minimum Gasteiger partial charge on any atom is -0.476 e. The SMILES string of the molecule is Cc1ccc(Cl)c(-n2nc(C(=O)O)c(=O)cc2C)c1. The fourth-order valence-corrected chi connectivity index (χ4v) is 1.92. The number of carbonyl (C=O) groups is 1. The summed E-state index contributed by atoms with van der Waals surface area (Å²) in [4.78, 5) is 22.5. The van der Waals surface area contributed by atoms with Crippen molar-refractivity contribution in [1.29, 1.82) is 0 Å². The van der Waals surface area contributed by atoms with Crippen LogP contribution in [0.2, 0.25) is 5.02 Å². The first kappa shape index (κ1) is 13.3. The third-order valence-electron chi connectivity index (χ3n) is 2.64. The molecule has 1 aromatic carbocycles. The third kappa shape index (κ3) is 2.51. The minimum atomic E-state index is -1.36. The minimum absolute atomic E-state index is 0.432. The van der Waals surface area contributed by atoms with Crippen molar-refractivity contribution in [3.63, 3.8) is 0 Å². The number of halogens is 1. The Balaban J connectivity index is 2.75. The van der Waals surface area contributed by atoms with Crippen molar-refractivity contribution in [1.82, 2.24) is 9.78 Å². The number of aromatic nitrogens is 2. The van der Waals surface area contributed by atoms with Gasteiger partial charge in [-0.3, -0.25) is 4.79 Å². The quantitative estimate of drug-likeness (QED) is 0.914. The Bertz CT molecular complexity index is 722. The Labute approximate surface area is 114 Å². The molecule has 0 aliphatic heterocycles. The van der Waals surface area contributed by atoms with Crippen molar-refractivity contribution in [2.45, 2.75) is 13.8 Å². The summed E-state index contributed by atoms with van der Waals surface area (Å²) < 4.78 is 1.36. The molecule has 0 unspecified atom stereocenters. The molecule has 0 fully saturated rings. The summed E-state index contributed by atoms with van der Waals surface area (Å²) in [6.45, 7) is 3.55. The number of carboxylic acids is 1. The zero-order valence-electron chi connectivity index (χ0n) is 10.3. The second-order valence-corrected chi connectivity index (χ2v) is 4.58. The molecule has 0 aliphatic carbocycles. The van der Waals surface area contributed by atoms with Gasteiger partial charge in [-0.15, -0.1) is 0 Å². The zero-order valence-corrected chi connectivity index (χ0v) is 11.1. The summed E-state index contributed by atoms with van der Waals surface area (Å²) >= 11 is 6.09. The average molecular weight is 279 g/mol. The Kier molecular flexibility index (Phi) is 3.40. The molecule has 6 heteroatoms. The highest BCUT2D eigenvalue weighted by Gasteiger charge is 2.15. The zero-order chi connectivity index (χ0) is 14.2. The Morgan fingerprint density at radius 3 is 2.63 bits per heavy atom. The number of hydrogen-bond donors (Lipinski definition) is 1. The van der Waals surface area contributed by atoms with E-state index in [1.54, 1.807) is 19.1 Å². The first-order chi connectivity index (χ1) is 8.90. The summed E-state index contributed by atoms with van der Waals surface area (Å²) in [5, 5.41) is 13.2. The van der Waals surface area contributed by atoms with Crippen molar-refractivity contribution in [2.24, 2.45) is 0 Å². The van der Waals surface area contributed by atoms with Crippen LogP contribution in [-0.2, 0) is 0 Å². The summed E-state index contributed by atoms with van der Waals surface area (Å²) in [7, 11) is 0. The smallest absolute Gasteiger partial charge is 0.360 e. The van der Waals surface area contributed by atoms with Crippen LogP contribution in [0.3, 0.4) is 0 Å². The third-order valence-corrected chi connectivity index (χ3v) is 2.96. The van der Waals surface area contributed by atoms with E-state index < -0.39 is 17.1 Å². The number of aryl methyl sites for hydroxylation is 2. The lowest BCUT2D eigenvalue weighted by molar-refractivity contribution is 0.0686. The topological polar surface area (TPSA) is 72.2 Å². The van der Waals surface area contributed by atoms with Gasteiger partial charge in [-0.25, -0.2) is 9.48 Å². The number of aromatic carboxylic acids is 1. The molecular weight excluding hydrogens is 268 g/mol. The predicted octanol–water partition coefficient (Wildman–Crippen LogP) is 2.20. The van der Waals surface area contributed by atoms with Crippen LogP contribution in [0.25, 0.3) is 5.69 Å². The Hall–Kier alpha value is -2.14. The molecule has 0 radical (unpaired) electrons. The first-order valence-electron chi connectivity index (χ1n) is 5.51. The highest BCUT2D eigenvalue weighted by molar-refractivity contribution is 6.32. The standard InChI is InChI=1S/C13H11ClN2O3/c1-7-3-4-9(14)10(5-7)16-8(2)6-11(17)12(15-16)13(18)19/h3-6H,1-2H3,(H,18,19). The molecule has 2 aromatic rings. The van der Waals surface area contributed by atoms with Gasteiger partial charge in [0.2, 0.25) is 11.1 Å². The van der Waals surface area contributed by atoms with E-state index in [1.807, 2.05) is 13.0 Å². The molecule has 0 saturated carbocycles. The fourth-order valence-electron chi connectivity index (χ4n) is 1.72. The van der Waals surface area contributed by atoms with E-state index in [4.69, 9.17) is 16.7 Å². The van der Waals surface area contributed by atoms with Crippen molar-refractivity contribution in [3.05, 3.63) is 56.5 Å². The van der Waals surface area contributed by atoms with Gasteiger partial charge in [-0.2, -0.15) is 5.10 Å². The molecule has 0 bridgehead atoms. The highest BCUT2D eigenvalue weighted by atomic mass is 35.5. The van der Waals surface area contributed by atoms with Crippen LogP contribution < -0.4 is 5.43 Å². The molecule has 0 atom stereocenters. The average Bonchev–Trinajstić information content (AvgIpc) is 2.32. The van der Waals surface area contributed by atoms with Crippen LogP contribution in [0, 0.1) is 13.8 Å². The van der Waals surface area contributed by atoms with Gasteiger partial charge in [0, 0.05) is 11.8 Å². The van der Waals surface area contributed by atoms with E-state index in [9.17, 15) is 9.59 Å². The summed E-state index contributed by atoms with van der Waals surface area (Å²) in [6, 6.07) is 6.54. The first-order valence-corrected chi connectivity index (χ1v) is 5.89. The number of benzene rings is 1. The fraction of sp³-hybridized carbons (Fsp3) is 0.154. The van der Waals surface area contributed by atoms with Gasteiger partial charge in [-0.1, -0.05) is 17.7 Å². The molecule has 1 heterocycles. The monoisotopic (exact) mass is 278 g/mol. The van der Waals surface area contributed by atoms with Crippen LogP contribution in [0.5, 0.6) is 0 Å². The maximum atomic E-state index is 11.5. The normalized spacial score (nSPS) is 10.5. The predicted molar refractivity (Wildman–Crippen MR) is 71.3 cm³/mol. The van der Waals surface area contributed by atoms with Crippen LogP contribution >= 0.6 is 11.6 Å². The van der Waals surface area contributed by atoms with Crippen LogP contribution in [0.4, 0.5) is 0 Å². The number of hydrogen-bond acceptors (Lipinski definition) is 3. The largest absolute Gasteiger partial charge is 0.476 e. The van der Waals surface area contributed by atoms with Gasteiger partial charge in [0.15, 0.2) is 0 Å². The molecule has 0 aliphatic rings. The summed E-state index contributed by atoms with van der Waals surface area (Å²) in [6.07, 6.45) is 0. The van der Waals surface area contributed by atoms with E-state index in [1.165, 1.54) is 10.7 Å². The number of nitrogens with zero attached hydrogens (tertiary/aromatic N) is 2. The maximum absolute atomic E-state index is 11.5. The van der Waals surface area contributed by atoms with Gasteiger partial charge >= 0.3 is 5.97 Å². The van der Waals surface area contributed by atoms with Crippen molar-refractivity contribution in [2.75, 3.05) is 0 Å². The maximum Gasteiger partial charge on any atom is 0.360 e. The highest BCUT2D eigenvalue weighted by Crippen LogP contribution is 2.21. The molecule has 0 spiro atoms. The van der Waals surface area contributed by atoms with Gasteiger partial charge < -0.3 is 5.11 Å². The summed E-state index contributed by atoms with van der Waals surface area (Å²) in [5.74, 6) is -1.36. The van der Waals surface area contributed by atoms with E-state index in [0.717, 1.165) is 5.56 Å². The van der Waals surface area contributed by atoms with Crippen LogP contribution in [0.1, 0.15) is 21.7 Å². The second-order valence-electron chi connectivity index (χ2n) is 4.17. The molecular formula is C13H11ClN2O3. The number of rotatable bonds is 2. The molecule has 1 N–H and O–H groups in total. The second kappa shape index (κ2) is 4.85. The van der Waals surface area contributed by atoms with Gasteiger partial charge in [-0.05, 0) is 31.5 Å². The van der Waals surface area contributed by atoms with Gasteiger partial charge in [0.25, 0.3) is 0 Å². The van der Waals surface area contributed by atoms with Gasteiger partial charge in [0.05, 0.1) is 10.7 Å². The lowest BCUT2D eigenvalue weighted by Gasteiger charge is -2.12. The molecule has 5 nitrogen and oxygen atoms in total.